The predicted molar refractivity (Wildman–Crippen MR) is 71.4 cm³/mol. The first-order valence-corrected chi connectivity index (χ1v) is 6.09. The molecule has 0 fully saturated rings. The van der Waals surface area contributed by atoms with Crippen LogP contribution in [0.4, 0.5) is 0 Å². The van der Waals surface area contributed by atoms with Gasteiger partial charge in [0.15, 0.2) is 5.76 Å². The lowest BCUT2D eigenvalue weighted by atomic mass is 10.2. The minimum absolute atomic E-state index is 0.227. The van der Waals surface area contributed by atoms with E-state index in [0.29, 0.717) is 11.5 Å². The van der Waals surface area contributed by atoms with Gasteiger partial charge in [-0.15, -0.1) is 5.10 Å². The van der Waals surface area contributed by atoms with Crippen molar-refractivity contribution in [2.24, 2.45) is 5.73 Å². The zero-order chi connectivity index (χ0) is 13.9. The van der Waals surface area contributed by atoms with E-state index in [-0.39, 0.29) is 18.1 Å². The number of nitrogens with two attached hydrogens (primary N) is 1. The number of hydrogen-bond acceptors (Lipinski definition) is 5. The summed E-state index contributed by atoms with van der Waals surface area (Å²) in [6.45, 7) is 0.253. The predicted octanol–water partition coefficient (Wildman–Crippen LogP) is 1.55. The minimum Gasteiger partial charge on any atom is -0.456 e. The second-order valence-electron chi connectivity index (χ2n) is 4.17. The maximum Gasteiger partial charge on any atom is 0.248 e. The topological polar surface area (TPSA) is 86.9 Å². The molecule has 1 aromatic carbocycles. The highest BCUT2D eigenvalue weighted by Gasteiger charge is 2.19. The summed E-state index contributed by atoms with van der Waals surface area (Å²) in [4.78, 5) is 12.4. The summed E-state index contributed by atoms with van der Waals surface area (Å²) >= 11 is 0. The molecule has 0 amide bonds. The van der Waals surface area contributed by atoms with Crippen molar-refractivity contribution in [1.29, 1.82) is 0 Å². The molecule has 6 nitrogen and oxygen atoms in total. The van der Waals surface area contributed by atoms with Crippen LogP contribution in [0.3, 0.4) is 0 Å². The summed E-state index contributed by atoms with van der Waals surface area (Å²) in [5.41, 5.74) is 6.57. The number of benzene rings is 1. The third kappa shape index (κ3) is 2.12. The lowest BCUT2D eigenvalue weighted by Gasteiger charge is -2.03. The van der Waals surface area contributed by atoms with Gasteiger partial charge in [0.1, 0.15) is 11.5 Å². The molecular weight excluding hydrogens is 256 g/mol. The average Bonchev–Trinajstić information content (AvgIpc) is 3.16. The van der Waals surface area contributed by atoms with Crippen LogP contribution in [0.5, 0.6) is 0 Å². The smallest absolute Gasteiger partial charge is 0.248 e. The van der Waals surface area contributed by atoms with E-state index in [4.69, 9.17) is 10.2 Å². The van der Waals surface area contributed by atoms with Gasteiger partial charge in [-0.05, 0) is 24.3 Å². The first kappa shape index (κ1) is 12.3. The van der Waals surface area contributed by atoms with Gasteiger partial charge in [-0.25, -0.2) is 4.68 Å². The normalized spacial score (nSPS) is 10.7. The summed E-state index contributed by atoms with van der Waals surface area (Å²) in [7, 11) is 0. The Morgan fingerprint density at radius 2 is 2.00 bits per heavy atom. The Labute approximate surface area is 114 Å². The van der Waals surface area contributed by atoms with E-state index in [1.165, 1.54) is 10.9 Å². The van der Waals surface area contributed by atoms with Gasteiger partial charge in [0.05, 0.1) is 18.4 Å². The van der Waals surface area contributed by atoms with Gasteiger partial charge in [0.25, 0.3) is 0 Å². The fourth-order valence-corrected chi connectivity index (χ4v) is 1.89. The van der Waals surface area contributed by atoms with Gasteiger partial charge >= 0.3 is 0 Å². The van der Waals surface area contributed by atoms with Crippen LogP contribution in [0.25, 0.3) is 5.69 Å². The first-order valence-electron chi connectivity index (χ1n) is 6.09. The Hall–Kier alpha value is -2.73. The van der Waals surface area contributed by atoms with Gasteiger partial charge in [-0.1, -0.05) is 23.4 Å². The molecule has 0 radical (unpaired) electrons. The van der Waals surface area contributed by atoms with E-state index in [1.807, 2.05) is 30.3 Å². The summed E-state index contributed by atoms with van der Waals surface area (Å²) in [5.74, 6) is 0.510. The lowest BCUT2D eigenvalue weighted by Crippen LogP contribution is -2.09. The molecule has 0 atom stereocenters. The van der Waals surface area contributed by atoms with Crippen molar-refractivity contribution in [3.63, 3.8) is 0 Å². The quantitative estimate of drug-likeness (QED) is 0.725. The number of hydrogen-bond donors (Lipinski definition) is 1. The Morgan fingerprint density at radius 3 is 2.70 bits per heavy atom. The van der Waals surface area contributed by atoms with E-state index in [0.717, 1.165) is 5.69 Å². The van der Waals surface area contributed by atoms with Gasteiger partial charge in [0, 0.05) is 0 Å². The average molecular weight is 268 g/mol. The van der Waals surface area contributed by atoms with Gasteiger partial charge < -0.3 is 10.2 Å². The van der Waals surface area contributed by atoms with Crippen LogP contribution in [0, 0.1) is 0 Å². The number of nitrogens with zero attached hydrogens (tertiary/aromatic N) is 3. The molecule has 20 heavy (non-hydrogen) atoms. The number of para-hydroxylation sites is 1. The number of aromatic nitrogens is 3. The number of rotatable bonds is 4. The standard InChI is InChI=1S/C14H12N4O2/c15-8-11-6-7-13(20-11)14(19)12-9-16-17-18(12)10-4-2-1-3-5-10/h1-7,9H,8,15H2. The molecule has 0 unspecified atom stereocenters. The highest BCUT2D eigenvalue weighted by Crippen LogP contribution is 2.15. The van der Waals surface area contributed by atoms with Crippen molar-refractivity contribution in [3.8, 4) is 5.69 Å². The zero-order valence-corrected chi connectivity index (χ0v) is 10.6. The zero-order valence-electron chi connectivity index (χ0n) is 10.6. The fraction of sp³-hybridized carbons (Fsp3) is 0.0714. The van der Waals surface area contributed by atoms with Crippen LogP contribution in [0.1, 0.15) is 22.0 Å². The maximum absolute atomic E-state index is 12.4. The highest BCUT2D eigenvalue weighted by atomic mass is 16.3. The molecule has 0 saturated heterocycles. The molecule has 3 aromatic rings. The molecule has 0 aliphatic rings. The first-order chi connectivity index (χ1) is 9.79. The lowest BCUT2D eigenvalue weighted by molar-refractivity contribution is 0.1000. The molecule has 0 aliphatic heterocycles. The van der Waals surface area contributed by atoms with Crippen molar-refractivity contribution in [1.82, 2.24) is 15.0 Å². The molecular formula is C14H12N4O2. The van der Waals surface area contributed by atoms with Crippen LogP contribution in [-0.4, -0.2) is 20.8 Å². The van der Waals surface area contributed by atoms with Crippen LogP contribution >= 0.6 is 0 Å². The van der Waals surface area contributed by atoms with Gasteiger partial charge in [-0.2, -0.15) is 0 Å². The van der Waals surface area contributed by atoms with Gasteiger partial charge in [-0.3, -0.25) is 4.79 Å². The largest absolute Gasteiger partial charge is 0.456 e. The van der Waals surface area contributed by atoms with Crippen molar-refractivity contribution in [2.75, 3.05) is 0 Å². The van der Waals surface area contributed by atoms with E-state index in [1.54, 1.807) is 12.1 Å². The van der Waals surface area contributed by atoms with Crippen molar-refractivity contribution in [2.45, 2.75) is 6.54 Å². The van der Waals surface area contributed by atoms with Crippen LogP contribution < -0.4 is 5.73 Å². The third-order valence-corrected chi connectivity index (χ3v) is 2.87. The Kier molecular flexibility index (Phi) is 3.14. The Balaban J connectivity index is 1.99. The summed E-state index contributed by atoms with van der Waals surface area (Å²) in [6, 6.07) is 12.6. The fourth-order valence-electron chi connectivity index (χ4n) is 1.89. The van der Waals surface area contributed by atoms with E-state index >= 15 is 0 Å². The van der Waals surface area contributed by atoms with Gasteiger partial charge in [0.2, 0.25) is 5.78 Å². The molecule has 2 heterocycles. The second-order valence-corrected chi connectivity index (χ2v) is 4.17. The number of ketones is 1. The maximum atomic E-state index is 12.4. The number of furan rings is 1. The molecule has 6 heteroatoms. The molecule has 0 spiro atoms. The highest BCUT2D eigenvalue weighted by molar-refractivity contribution is 6.06. The molecule has 100 valence electrons. The van der Waals surface area contributed by atoms with Crippen LogP contribution in [0.15, 0.2) is 53.1 Å². The van der Waals surface area contributed by atoms with Crippen LogP contribution in [0.2, 0.25) is 0 Å². The molecule has 0 bridgehead atoms. The Morgan fingerprint density at radius 1 is 1.20 bits per heavy atom. The minimum atomic E-state index is -0.279. The van der Waals surface area contributed by atoms with Crippen molar-refractivity contribution in [3.05, 3.63) is 65.9 Å². The molecule has 3 rings (SSSR count). The summed E-state index contributed by atoms with van der Waals surface area (Å²) < 4.78 is 6.84. The Bertz CT molecular complexity index is 730. The van der Waals surface area contributed by atoms with E-state index in [2.05, 4.69) is 10.3 Å². The van der Waals surface area contributed by atoms with Crippen molar-refractivity contribution < 1.29 is 9.21 Å². The number of carbonyl (C=O) groups is 1. The number of carbonyl (C=O) groups excluding carboxylic acids is 1. The van der Waals surface area contributed by atoms with E-state index < -0.39 is 0 Å². The molecule has 0 saturated carbocycles. The van der Waals surface area contributed by atoms with Crippen LogP contribution in [-0.2, 0) is 6.54 Å². The third-order valence-electron chi connectivity index (χ3n) is 2.87. The second kappa shape index (κ2) is 5.10. The monoisotopic (exact) mass is 268 g/mol. The molecule has 2 N–H and O–H groups in total. The summed E-state index contributed by atoms with van der Waals surface area (Å²) in [5, 5.41) is 7.74. The molecule has 0 aliphatic carbocycles. The van der Waals surface area contributed by atoms with E-state index in [9.17, 15) is 4.79 Å². The molecule has 2 aromatic heterocycles. The van der Waals surface area contributed by atoms with Crippen molar-refractivity contribution >= 4 is 5.78 Å². The summed E-state index contributed by atoms with van der Waals surface area (Å²) in [6.07, 6.45) is 1.42. The SMILES string of the molecule is NCc1ccc(C(=O)c2cnnn2-c2ccccc2)o1.